The van der Waals surface area contributed by atoms with E-state index in [0.717, 1.165) is 33.3 Å². The summed E-state index contributed by atoms with van der Waals surface area (Å²) in [7, 11) is 1.38. The second kappa shape index (κ2) is 11.7. The number of amidine groups is 1. The van der Waals surface area contributed by atoms with Crippen molar-refractivity contribution in [3.63, 3.8) is 0 Å². The fourth-order valence-corrected chi connectivity index (χ4v) is 5.78. The van der Waals surface area contributed by atoms with Crippen LogP contribution in [-0.2, 0) is 22.6 Å². The maximum Gasteiger partial charge on any atom is 0.337 e. The van der Waals surface area contributed by atoms with Crippen molar-refractivity contribution in [1.82, 2.24) is 14.5 Å². The highest BCUT2D eigenvalue weighted by Crippen LogP contribution is 2.36. The van der Waals surface area contributed by atoms with Crippen LogP contribution in [0, 0.1) is 0 Å². The monoisotopic (exact) mass is 558 g/mol. The van der Waals surface area contributed by atoms with Crippen LogP contribution >= 0.6 is 11.8 Å². The lowest BCUT2D eigenvalue weighted by atomic mass is 10.1. The smallest absolute Gasteiger partial charge is 0.337 e. The second-order valence-electron chi connectivity index (χ2n) is 9.51. The summed E-state index contributed by atoms with van der Waals surface area (Å²) in [6, 6.07) is 29.0. The lowest BCUT2D eigenvalue weighted by Crippen LogP contribution is -2.28. The molecule has 6 rings (SSSR count). The van der Waals surface area contributed by atoms with E-state index >= 15 is 0 Å². The molecule has 5 aromatic rings. The third kappa shape index (κ3) is 5.69. The fraction of sp³-hybridized carbons (Fsp3) is 0.0909. The van der Waals surface area contributed by atoms with Crippen LogP contribution in [-0.4, -0.2) is 38.6 Å². The van der Waals surface area contributed by atoms with Crippen LogP contribution in [0.25, 0.3) is 17.0 Å². The van der Waals surface area contributed by atoms with Crippen molar-refractivity contribution in [3.8, 4) is 0 Å². The molecule has 0 saturated carbocycles. The van der Waals surface area contributed by atoms with Crippen molar-refractivity contribution in [1.29, 1.82) is 0 Å². The molecule has 1 aliphatic rings. The van der Waals surface area contributed by atoms with Gasteiger partial charge in [0.25, 0.3) is 5.91 Å². The van der Waals surface area contributed by atoms with Crippen LogP contribution in [0.1, 0.15) is 27.0 Å². The third-order valence-corrected chi connectivity index (χ3v) is 7.75. The van der Waals surface area contributed by atoms with E-state index in [4.69, 9.17) is 9.73 Å². The third-order valence-electron chi connectivity index (χ3n) is 6.74. The molecule has 0 spiro atoms. The van der Waals surface area contributed by atoms with Crippen LogP contribution in [0.5, 0.6) is 0 Å². The van der Waals surface area contributed by atoms with Crippen molar-refractivity contribution in [2.75, 3.05) is 7.11 Å². The average molecular weight is 559 g/mol. The summed E-state index contributed by atoms with van der Waals surface area (Å²) < 4.78 is 7.02. The predicted octanol–water partition coefficient (Wildman–Crippen LogP) is 6.68. The van der Waals surface area contributed by atoms with Gasteiger partial charge in [-0.2, -0.15) is 0 Å². The van der Waals surface area contributed by atoms with Crippen LogP contribution in [0.15, 0.2) is 119 Å². The summed E-state index contributed by atoms with van der Waals surface area (Å²) in [5.74, 6) is -0.466. The molecular formula is C33H26N4O3S. The van der Waals surface area contributed by atoms with E-state index in [2.05, 4.69) is 21.7 Å². The van der Waals surface area contributed by atoms with Gasteiger partial charge in [0.2, 0.25) is 0 Å². The summed E-state index contributed by atoms with van der Waals surface area (Å²) in [5.41, 5.74) is 5.15. The zero-order valence-corrected chi connectivity index (χ0v) is 23.1. The number of carbonyl (C=O) groups excluding carboxylic acids is 2. The number of hydrogen-bond donors (Lipinski definition) is 0. The van der Waals surface area contributed by atoms with Gasteiger partial charge in [-0.3, -0.25) is 14.7 Å². The maximum absolute atomic E-state index is 13.8. The summed E-state index contributed by atoms with van der Waals surface area (Å²) >= 11 is 1.37. The van der Waals surface area contributed by atoms with Crippen molar-refractivity contribution in [3.05, 3.63) is 137 Å². The van der Waals surface area contributed by atoms with E-state index in [9.17, 15) is 9.59 Å². The molecule has 2 aromatic heterocycles. The number of methoxy groups -OCH3 is 1. The largest absolute Gasteiger partial charge is 0.465 e. The zero-order chi connectivity index (χ0) is 28.2. The van der Waals surface area contributed by atoms with Gasteiger partial charge in [-0.05, 0) is 65.4 Å². The van der Waals surface area contributed by atoms with E-state index < -0.39 is 0 Å². The highest BCUT2D eigenvalue weighted by atomic mass is 32.2. The highest BCUT2D eigenvalue weighted by Gasteiger charge is 2.34. The number of hydrogen-bond acceptors (Lipinski definition) is 6. The quantitative estimate of drug-likeness (QED) is 0.165. The van der Waals surface area contributed by atoms with Gasteiger partial charge in [0.15, 0.2) is 5.17 Å². The Hall–Kier alpha value is -4.95. The molecule has 41 heavy (non-hydrogen) atoms. The predicted molar refractivity (Wildman–Crippen MR) is 163 cm³/mol. The molecular weight excluding hydrogens is 532 g/mol. The number of ether oxygens (including phenoxy) is 1. The van der Waals surface area contributed by atoms with Gasteiger partial charge in [0.1, 0.15) is 0 Å². The minimum Gasteiger partial charge on any atom is -0.465 e. The van der Waals surface area contributed by atoms with Crippen LogP contribution in [0.2, 0.25) is 0 Å². The lowest BCUT2D eigenvalue weighted by molar-refractivity contribution is -0.122. The Labute approximate surface area is 241 Å². The van der Waals surface area contributed by atoms with Gasteiger partial charge in [0, 0.05) is 41.6 Å². The lowest BCUT2D eigenvalue weighted by Gasteiger charge is -2.15. The Morgan fingerprint density at radius 2 is 1.76 bits per heavy atom. The standard InChI is InChI=1S/C33H26N4O3S/c1-40-32(39)25-11-7-9-23(17-25)20-36-22-26(28-14-5-6-15-29(28)36)18-30-31(38)37(21-24-10-8-16-34-19-24)33(41-30)35-27-12-3-2-4-13-27/h2-19,22H,20-21H2,1H3/b30-18-,35-33?. The molecule has 1 fully saturated rings. The number of thioether (sulfide) groups is 1. The number of esters is 1. The Balaban J connectivity index is 1.36. The van der Waals surface area contributed by atoms with E-state index in [-0.39, 0.29) is 11.9 Å². The first-order valence-electron chi connectivity index (χ1n) is 13.1. The van der Waals surface area contributed by atoms with E-state index in [1.807, 2.05) is 85.1 Å². The Bertz CT molecular complexity index is 1800. The Morgan fingerprint density at radius 1 is 0.951 bits per heavy atom. The number of para-hydroxylation sites is 2. The second-order valence-corrected chi connectivity index (χ2v) is 10.5. The van der Waals surface area contributed by atoms with E-state index in [0.29, 0.717) is 28.7 Å². The highest BCUT2D eigenvalue weighted by molar-refractivity contribution is 8.18. The molecule has 8 heteroatoms. The number of aliphatic imine (C=N–C) groups is 1. The SMILES string of the molecule is COC(=O)c1cccc(Cn2cc(/C=C3\SC(=Nc4ccccc4)N(Cc4cccnc4)C3=O)c3ccccc32)c1. The molecule has 0 unspecified atom stereocenters. The molecule has 202 valence electrons. The first-order chi connectivity index (χ1) is 20.1. The Morgan fingerprint density at radius 3 is 2.56 bits per heavy atom. The number of amides is 1. The number of fused-ring (bicyclic) bond motifs is 1. The van der Waals surface area contributed by atoms with Gasteiger partial charge in [-0.15, -0.1) is 0 Å². The minimum atomic E-state index is -0.366. The first kappa shape index (κ1) is 26.3. The summed E-state index contributed by atoms with van der Waals surface area (Å²) in [6.45, 7) is 0.935. The number of pyridine rings is 1. The van der Waals surface area contributed by atoms with E-state index in [1.54, 1.807) is 23.4 Å². The van der Waals surface area contributed by atoms with Crippen molar-refractivity contribution >= 4 is 51.5 Å². The molecule has 0 N–H and O–H groups in total. The van der Waals surface area contributed by atoms with Gasteiger partial charge >= 0.3 is 5.97 Å². The van der Waals surface area contributed by atoms with Crippen molar-refractivity contribution in [2.45, 2.75) is 13.1 Å². The summed E-state index contributed by atoms with van der Waals surface area (Å²) in [6.07, 6.45) is 7.48. The molecule has 3 aromatic carbocycles. The van der Waals surface area contributed by atoms with Gasteiger partial charge in [-0.25, -0.2) is 9.79 Å². The Kier molecular flexibility index (Phi) is 7.47. The average Bonchev–Trinajstić information content (AvgIpc) is 3.50. The molecule has 1 aliphatic heterocycles. The molecule has 1 saturated heterocycles. The number of carbonyl (C=O) groups is 2. The molecule has 1 amide bonds. The molecule has 7 nitrogen and oxygen atoms in total. The molecule has 0 aliphatic carbocycles. The topological polar surface area (TPSA) is 76.8 Å². The molecule has 0 radical (unpaired) electrons. The van der Waals surface area contributed by atoms with E-state index in [1.165, 1.54) is 18.9 Å². The minimum absolute atomic E-state index is 0.101. The first-order valence-corrected chi connectivity index (χ1v) is 13.9. The summed E-state index contributed by atoms with van der Waals surface area (Å²) in [4.78, 5) is 37.1. The van der Waals surface area contributed by atoms with Crippen molar-refractivity contribution < 1.29 is 14.3 Å². The zero-order valence-electron chi connectivity index (χ0n) is 22.3. The number of rotatable bonds is 7. The summed E-state index contributed by atoms with van der Waals surface area (Å²) in [5, 5.41) is 1.66. The van der Waals surface area contributed by atoms with Crippen LogP contribution < -0.4 is 0 Å². The number of benzene rings is 3. The molecule has 3 heterocycles. The van der Waals surface area contributed by atoms with Crippen LogP contribution in [0.3, 0.4) is 0 Å². The normalized spacial score (nSPS) is 15.2. The molecule has 0 bridgehead atoms. The number of nitrogens with zero attached hydrogens (tertiary/aromatic N) is 4. The fourth-order valence-electron chi connectivity index (χ4n) is 4.79. The molecule has 0 atom stereocenters. The van der Waals surface area contributed by atoms with Gasteiger partial charge in [0.05, 0.1) is 29.8 Å². The van der Waals surface area contributed by atoms with Gasteiger partial charge < -0.3 is 9.30 Å². The van der Waals surface area contributed by atoms with Crippen LogP contribution in [0.4, 0.5) is 5.69 Å². The van der Waals surface area contributed by atoms with Crippen molar-refractivity contribution in [2.24, 2.45) is 4.99 Å². The maximum atomic E-state index is 13.8. The number of aromatic nitrogens is 2. The van der Waals surface area contributed by atoms with Gasteiger partial charge in [-0.1, -0.05) is 54.6 Å².